The standard InChI is InChI=1S/C15H23N3O3/c1-4-18(5-2)11-10-16-14(19)12-8-7-9-13(17-12)15(20)21-6-3/h7-9H,4-6,10-11H2,1-3H3,(H,16,19). The highest BCUT2D eigenvalue weighted by molar-refractivity contribution is 5.94. The maximum absolute atomic E-state index is 12.0. The van der Waals surface area contributed by atoms with Crippen molar-refractivity contribution in [2.45, 2.75) is 20.8 Å². The number of rotatable bonds is 8. The molecule has 1 aromatic heterocycles. The molecule has 0 bridgehead atoms. The number of amides is 1. The van der Waals surface area contributed by atoms with Gasteiger partial charge in [-0.05, 0) is 32.1 Å². The Morgan fingerprint density at radius 1 is 1.19 bits per heavy atom. The summed E-state index contributed by atoms with van der Waals surface area (Å²) >= 11 is 0. The van der Waals surface area contributed by atoms with E-state index in [4.69, 9.17) is 4.74 Å². The van der Waals surface area contributed by atoms with E-state index in [1.54, 1.807) is 19.1 Å². The van der Waals surface area contributed by atoms with Gasteiger partial charge in [-0.3, -0.25) is 4.79 Å². The Balaban J connectivity index is 2.58. The monoisotopic (exact) mass is 293 g/mol. The Morgan fingerprint density at radius 2 is 1.86 bits per heavy atom. The van der Waals surface area contributed by atoms with Crippen LogP contribution in [-0.2, 0) is 4.74 Å². The Morgan fingerprint density at radius 3 is 2.48 bits per heavy atom. The highest BCUT2D eigenvalue weighted by atomic mass is 16.5. The number of hydrogen-bond acceptors (Lipinski definition) is 5. The second-order valence-electron chi connectivity index (χ2n) is 4.41. The first-order valence-electron chi connectivity index (χ1n) is 7.27. The molecule has 0 unspecified atom stereocenters. The Hall–Kier alpha value is -1.95. The number of pyridine rings is 1. The maximum Gasteiger partial charge on any atom is 0.356 e. The van der Waals surface area contributed by atoms with Gasteiger partial charge in [-0.15, -0.1) is 0 Å². The molecule has 116 valence electrons. The van der Waals surface area contributed by atoms with Gasteiger partial charge in [-0.2, -0.15) is 0 Å². The van der Waals surface area contributed by atoms with Gasteiger partial charge < -0.3 is 15.0 Å². The van der Waals surface area contributed by atoms with Gasteiger partial charge in [0.2, 0.25) is 0 Å². The summed E-state index contributed by atoms with van der Waals surface area (Å²) in [7, 11) is 0. The first-order chi connectivity index (χ1) is 10.1. The molecule has 0 fully saturated rings. The van der Waals surface area contributed by atoms with Crippen molar-refractivity contribution in [3.8, 4) is 0 Å². The quantitative estimate of drug-likeness (QED) is 0.732. The van der Waals surface area contributed by atoms with Crippen LogP contribution in [0.3, 0.4) is 0 Å². The normalized spacial score (nSPS) is 10.5. The van der Waals surface area contributed by atoms with E-state index in [0.717, 1.165) is 19.6 Å². The molecule has 6 heteroatoms. The minimum Gasteiger partial charge on any atom is -0.461 e. The van der Waals surface area contributed by atoms with Gasteiger partial charge in [0.05, 0.1) is 6.61 Å². The van der Waals surface area contributed by atoms with E-state index in [9.17, 15) is 9.59 Å². The fourth-order valence-electron chi connectivity index (χ4n) is 1.84. The molecule has 0 aromatic carbocycles. The summed E-state index contributed by atoms with van der Waals surface area (Å²) in [6.45, 7) is 9.39. The molecule has 1 rings (SSSR count). The van der Waals surface area contributed by atoms with E-state index in [2.05, 4.69) is 29.0 Å². The second kappa shape index (κ2) is 9.07. The molecule has 0 aliphatic rings. The fraction of sp³-hybridized carbons (Fsp3) is 0.533. The topological polar surface area (TPSA) is 71.5 Å². The van der Waals surface area contributed by atoms with Crippen LogP contribution in [0.4, 0.5) is 0 Å². The number of carbonyl (C=O) groups is 2. The first kappa shape index (κ1) is 17.1. The molecular weight excluding hydrogens is 270 g/mol. The number of ether oxygens (including phenoxy) is 1. The van der Waals surface area contributed by atoms with Crippen molar-refractivity contribution in [2.75, 3.05) is 32.8 Å². The van der Waals surface area contributed by atoms with Crippen LogP contribution >= 0.6 is 0 Å². The SMILES string of the molecule is CCOC(=O)c1cccc(C(=O)NCCN(CC)CC)n1. The minimum absolute atomic E-state index is 0.147. The molecule has 0 aliphatic heterocycles. The van der Waals surface area contributed by atoms with Crippen LogP contribution in [0, 0.1) is 0 Å². The molecule has 0 atom stereocenters. The van der Waals surface area contributed by atoms with Gasteiger partial charge >= 0.3 is 5.97 Å². The summed E-state index contributed by atoms with van der Waals surface area (Å²) in [5.41, 5.74) is 0.369. The lowest BCUT2D eigenvalue weighted by atomic mass is 10.3. The second-order valence-corrected chi connectivity index (χ2v) is 4.41. The number of carbonyl (C=O) groups excluding carboxylic acids is 2. The van der Waals surface area contributed by atoms with Gasteiger partial charge in [0.15, 0.2) is 0 Å². The molecular formula is C15H23N3O3. The van der Waals surface area contributed by atoms with Crippen LogP contribution < -0.4 is 5.32 Å². The number of nitrogens with one attached hydrogen (secondary N) is 1. The fourth-order valence-corrected chi connectivity index (χ4v) is 1.84. The molecule has 1 aromatic rings. The molecule has 6 nitrogen and oxygen atoms in total. The Bertz CT molecular complexity index is 473. The highest BCUT2D eigenvalue weighted by Crippen LogP contribution is 2.02. The van der Waals surface area contributed by atoms with Gasteiger partial charge in [0, 0.05) is 13.1 Å². The van der Waals surface area contributed by atoms with Gasteiger partial charge in [0.1, 0.15) is 11.4 Å². The van der Waals surface area contributed by atoms with Crippen LogP contribution in [0.15, 0.2) is 18.2 Å². The number of nitrogens with zero attached hydrogens (tertiary/aromatic N) is 2. The third-order valence-corrected chi connectivity index (χ3v) is 3.07. The predicted molar refractivity (Wildman–Crippen MR) is 80.3 cm³/mol. The summed E-state index contributed by atoms with van der Waals surface area (Å²) < 4.78 is 4.86. The van der Waals surface area contributed by atoms with E-state index < -0.39 is 5.97 Å². The molecule has 0 aliphatic carbocycles. The molecule has 1 N–H and O–H groups in total. The Kier molecular flexibility index (Phi) is 7.39. The van der Waals surface area contributed by atoms with Gasteiger partial charge in [0.25, 0.3) is 5.91 Å². The van der Waals surface area contributed by atoms with Crippen molar-refractivity contribution >= 4 is 11.9 Å². The zero-order valence-corrected chi connectivity index (χ0v) is 12.9. The summed E-state index contributed by atoms with van der Waals surface area (Å²) in [5.74, 6) is -0.802. The lowest BCUT2D eigenvalue weighted by Gasteiger charge is -2.17. The van der Waals surface area contributed by atoms with Crippen molar-refractivity contribution in [3.05, 3.63) is 29.6 Å². The van der Waals surface area contributed by atoms with Crippen LogP contribution in [0.5, 0.6) is 0 Å². The molecule has 0 saturated heterocycles. The molecule has 21 heavy (non-hydrogen) atoms. The van der Waals surface area contributed by atoms with Crippen LogP contribution in [-0.4, -0.2) is 54.5 Å². The average Bonchev–Trinajstić information content (AvgIpc) is 2.51. The van der Waals surface area contributed by atoms with E-state index in [-0.39, 0.29) is 23.9 Å². The molecule has 1 heterocycles. The molecule has 0 saturated carbocycles. The lowest BCUT2D eigenvalue weighted by molar-refractivity contribution is 0.0519. The van der Waals surface area contributed by atoms with Crippen molar-refractivity contribution in [3.63, 3.8) is 0 Å². The average molecular weight is 293 g/mol. The number of hydrogen-bond donors (Lipinski definition) is 1. The Labute approximate surface area is 125 Å². The van der Waals surface area contributed by atoms with E-state index in [1.165, 1.54) is 6.07 Å². The van der Waals surface area contributed by atoms with Crippen molar-refractivity contribution in [1.29, 1.82) is 0 Å². The third kappa shape index (κ3) is 5.51. The van der Waals surface area contributed by atoms with Crippen molar-refractivity contribution < 1.29 is 14.3 Å². The minimum atomic E-state index is -0.518. The third-order valence-electron chi connectivity index (χ3n) is 3.07. The van der Waals surface area contributed by atoms with Crippen LogP contribution in [0.1, 0.15) is 41.7 Å². The molecule has 1 amide bonds. The number of aromatic nitrogens is 1. The van der Waals surface area contributed by atoms with Crippen molar-refractivity contribution in [1.82, 2.24) is 15.2 Å². The predicted octanol–water partition coefficient (Wildman–Crippen LogP) is 1.33. The summed E-state index contributed by atoms with van der Waals surface area (Å²) in [5, 5.41) is 2.80. The maximum atomic E-state index is 12.0. The molecule has 0 radical (unpaired) electrons. The zero-order chi connectivity index (χ0) is 15.7. The number of likely N-dealkylation sites (N-methyl/N-ethyl adjacent to an activating group) is 1. The lowest BCUT2D eigenvalue weighted by Crippen LogP contribution is -2.35. The van der Waals surface area contributed by atoms with E-state index >= 15 is 0 Å². The molecule has 0 spiro atoms. The summed E-state index contributed by atoms with van der Waals surface area (Å²) in [6.07, 6.45) is 0. The van der Waals surface area contributed by atoms with Crippen molar-refractivity contribution in [2.24, 2.45) is 0 Å². The highest BCUT2D eigenvalue weighted by Gasteiger charge is 2.12. The summed E-state index contributed by atoms with van der Waals surface area (Å²) in [4.78, 5) is 29.8. The van der Waals surface area contributed by atoms with Crippen LogP contribution in [0.25, 0.3) is 0 Å². The van der Waals surface area contributed by atoms with Gasteiger partial charge in [-0.25, -0.2) is 9.78 Å². The van der Waals surface area contributed by atoms with Gasteiger partial charge in [-0.1, -0.05) is 19.9 Å². The summed E-state index contributed by atoms with van der Waals surface area (Å²) in [6, 6.07) is 4.73. The first-order valence-corrected chi connectivity index (χ1v) is 7.27. The smallest absolute Gasteiger partial charge is 0.356 e. The van der Waals surface area contributed by atoms with E-state index in [1.807, 2.05) is 0 Å². The largest absolute Gasteiger partial charge is 0.461 e. The van der Waals surface area contributed by atoms with E-state index in [0.29, 0.717) is 6.54 Å². The van der Waals surface area contributed by atoms with Crippen LogP contribution in [0.2, 0.25) is 0 Å². The zero-order valence-electron chi connectivity index (χ0n) is 12.9. The number of esters is 1.